The van der Waals surface area contributed by atoms with Gasteiger partial charge in [0.2, 0.25) is 5.91 Å². The smallest absolute Gasteiger partial charge is 0.335 e. The normalized spacial score (nSPS) is 18.0. The average molecular weight is 355 g/mol. The zero-order chi connectivity index (χ0) is 18.8. The van der Waals surface area contributed by atoms with E-state index in [9.17, 15) is 14.4 Å². The van der Waals surface area contributed by atoms with E-state index in [4.69, 9.17) is 14.9 Å². The number of anilines is 1. The highest BCUT2D eigenvalue weighted by atomic mass is 16.5. The molecular formula is C19H17NO6. The zero-order valence-electron chi connectivity index (χ0n) is 13.9. The number of rotatable bonds is 6. The van der Waals surface area contributed by atoms with Gasteiger partial charge in [-0.2, -0.15) is 0 Å². The van der Waals surface area contributed by atoms with Crippen LogP contribution in [0.5, 0.6) is 5.75 Å². The van der Waals surface area contributed by atoms with Crippen LogP contribution in [0.15, 0.2) is 42.5 Å². The van der Waals surface area contributed by atoms with Gasteiger partial charge in [0, 0.05) is 11.6 Å². The number of hydrogen-bond donors (Lipinski definition) is 3. The van der Waals surface area contributed by atoms with Crippen LogP contribution in [-0.4, -0.2) is 35.2 Å². The molecule has 1 amide bonds. The Kier molecular flexibility index (Phi) is 4.62. The molecule has 26 heavy (non-hydrogen) atoms. The molecular weight excluding hydrogens is 338 g/mol. The lowest BCUT2D eigenvalue weighted by molar-refractivity contribution is -0.117. The van der Waals surface area contributed by atoms with Gasteiger partial charge in [0.15, 0.2) is 0 Å². The van der Waals surface area contributed by atoms with Crippen molar-refractivity contribution in [3.05, 3.63) is 59.2 Å². The third-order valence-corrected chi connectivity index (χ3v) is 4.37. The van der Waals surface area contributed by atoms with E-state index in [1.54, 1.807) is 7.11 Å². The first-order valence-corrected chi connectivity index (χ1v) is 7.95. The van der Waals surface area contributed by atoms with E-state index in [0.717, 1.165) is 17.4 Å². The second-order valence-corrected chi connectivity index (χ2v) is 6.12. The van der Waals surface area contributed by atoms with Crippen LogP contribution in [-0.2, 0) is 4.79 Å². The van der Waals surface area contributed by atoms with Crippen molar-refractivity contribution in [2.75, 3.05) is 12.4 Å². The number of carboxylic acids is 2. The standard InChI is InChI=1S/C19H17NO6/c1-26-14-4-2-10(3-5-14)15-9-16(15)17(21)20-13-7-11(18(22)23)6-12(8-13)19(24)25/h2-8,15-16H,9H2,1H3,(H,20,21)(H,22,23)(H,24,25). The molecule has 0 saturated heterocycles. The molecule has 1 aliphatic carbocycles. The van der Waals surface area contributed by atoms with E-state index < -0.39 is 11.9 Å². The first kappa shape index (κ1) is 17.5. The lowest BCUT2D eigenvalue weighted by atomic mass is 10.1. The summed E-state index contributed by atoms with van der Waals surface area (Å²) in [6.45, 7) is 0. The van der Waals surface area contributed by atoms with Crippen molar-refractivity contribution < 1.29 is 29.3 Å². The molecule has 2 atom stereocenters. The van der Waals surface area contributed by atoms with E-state index >= 15 is 0 Å². The van der Waals surface area contributed by atoms with Crippen molar-refractivity contribution in [3.8, 4) is 5.75 Å². The molecule has 2 aromatic rings. The van der Waals surface area contributed by atoms with Gasteiger partial charge in [0.1, 0.15) is 5.75 Å². The summed E-state index contributed by atoms with van der Waals surface area (Å²) in [6.07, 6.45) is 0.683. The highest BCUT2D eigenvalue weighted by Crippen LogP contribution is 2.48. The van der Waals surface area contributed by atoms with Crippen LogP contribution in [0.4, 0.5) is 5.69 Å². The lowest BCUT2D eigenvalue weighted by Crippen LogP contribution is -2.16. The molecule has 7 heteroatoms. The van der Waals surface area contributed by atoms with Crippen LogP contribution < -0.4 is 10.1 Å². The van der Waals surface area contributed by atoms with Crippen LogP contribution in [0.3, 0.4) is 0 Å². The van der Waals surface area contributed by atoms with Gasteiger partial charge in [-0.15, -0.1) is 0 Å². The minimum absolute atomic E-state index is 0.0857. The summed E-state index contributed by atoms with van der Waals surface area (Å²) in [6, 6.07) is 11.0. The molecule has 1 saturated carbocycles. The van der Waals surface area contributed by atoms with Crippen LogP contribution in [0.2, 0.25) is 0 Å². The molecule has 0 spiro atoms. The predicted molar refractivity (Wildman–Crippen MR) is 92.8 cm³/mol. The predicted octanol–water partition coefficient (Wildman–Crippen LogP) is 2.83. The number of hydrogen-bond acceptors (Lipinski definition) is 4. The molecule has 0 aromatic heterocycles. The first-order valence-electron chi connectivity index (χ1n) is 7.95. The fourth-order valence-electron chi connectivity index (χ4n) is 2.89. The van der Waals surface area contributed by atoms with Crippen LogP contribution in [0.1, 0.15) is 38.6 Å². The molecule has 1 aliphatic rings. The Morgan fingerprint density at radius 3 is 2.08 bits per heavy atom. The number of amides is 1. The Morgan fingerprint density at radius 2 is 1.58 bits per heavy atom. The largest absolute Gasteiger partial charge is 0.497 e. The van der Waals surface area contributed by atoms with Gasteiger partial charge >= 0.3 is 11.9 Å². The molecule has 1 fully saturated rings. The van der Waals surface area contributed by atoms with Crippen molar-refractivity contribution in [2.45, 2.75) is 12.3 Å². The van der Waals surface area contributed by atoms with E-state index in [2.05, 4.69) is 5.32 Å². The van der Waals surface area contributed by atoms with Crippen molar-refractivity contribution in [1.82, 2.24) is 0 Å². The molecule has 134 valence electrons. The van der Waals surface area contributed by atoms with E-state index in [1.807, 2.05) is 24.3 Å². The van der Waals surface area contributed by atoms with Crippen molar-refractivity contribution >= 4 is 23.5 Å². The van der Waals surface area contributed by atoms with Gasteiger partial charge in [-0.1, -0.05) is 12.1 Å². The molecule has 3 rings (SSSR count). The number of nitrogens with one attached hydrogen (secondary N) is 1. The quantitative estimate of drug-likeness (QED) is 0.734. The minimum Gasteiger partial charge on any atom is -0.497 e. The van der Waals surface area contributed by atoms with Gasteiger partial charge < -0.3 is 20.3 Å². The maximum Gasteiger partial charge on any atom is 0.335 e. The lowest BCUT2D eigenvalue weighted by Gasteiger charge is -2.08. The van der Waals surface area contributed by atoms with Crippen molar-refractivity contribution in [2.24, 2.45) is 5.92 Å². The molecule has 0 bridgehead atoms. The first-order chi connectivity index (χ1) is 12.4. The number of ether oxygens (including phenoxy) is 1. The van der Waals surface area contributed by atoms with Crippen LogP contribution in [0, 0.1) is 5.92 Å². The molecule has 2 unspecified atom stereocenters. The third kappa shape index (κ3) is 3.66. The summed E-state index contributed by atoms with van der Waals surface area (Å²) >= 11 is 0. The summed E-state index contributed by atoms with van der Waals surface area (Å²) in [7, 11) is 1.58. The Morgan fingerprint density at radius 1 is 1.00 bits per heavy atom. The minimum atomic E-state index is -1.26. The van der Waals surface area contributed by atoms with Gasteiger partial charge in [0.25, 0.3) is 0 Å². The second kappa shape index (κ2) is 6.87. The number of aromatic carboxylic acids is 2. The summed E-state index contributed by atoms with van der Waals surface area (Å²) in [4.78, 5) is 34.7. The third-order valence-electron chi connectivity index (χ3n) is 4.37. The topological polar surface area (TPSA) is 113 Å². The monoisotopic (exact) mass is 355 g/mol. The Labute approximate surface area is 149 Å². The maximum absolute atomic E-state index is 12.4. The zero-order valence-corrected chi connectivity index (χ0v) is 13.9. The van der Waals surface area contributed by atoms with Gasteiger partial charge in [-0.25, -0.2) is 9.59 Å². The summed E-state index contributed by atoms with van der Waals surface area (Å²) in [5, 5.41) is 20.8. The summed E-state index contributed by atoms with van der Waals surface area (Å²) in [5.41, 5.74) is 0.801. The van der Waals surface area contributed by atoms with Crippen molar-refractivity contribution in [3.63, 3.8) is 0 Å². The molecule has 0 heterocycles. The van der Waals surface area contributed by atoms with Crippen molar-refractivity contribution in [1.29, 1.82) is 0 Å². The highest BCUT2D eigenvalue weighted by molar-refractivity contribution is 6.00. The van der Waals surface area contributed by atoms with E-state index in [1.165, 1.54) is 12.1 Å². The molecule has 2 aromatic carbocycles. The molecule has 0 aliphatic heterocycles. The number of carbonyl (C=O) groups is 3. The second-order valence-electron chi connectivity index (χ2n) is 6.12. The SMILES string of the molecule is COc1ccc(C2CC2C(=O)Nc2cc(C(=O)O)cc(C(=O)O)c2)cc1. The average Bonchev–Trinajstić information content (AvgIpc) is 3.42. The summed E-state index contributed by atoms with van der Waals surface area (Å²) < 4.78 is 5.11. The van der Waals surface area contributed by atoms with Crippen LogP contribution in [0.25, 0.3) is 0 Å². The van der Waals surface area contributed by atoms with Gasteiger partial charge in [-0.05, 0) is 48.2 Å². The number of carboxylic acid groups (broad SMARTS) is 2. The number of benzene rings is 2. The molecule has 0 radical (unpaired) electrons. The Bertz CT molecular complexity index is 842. The van der Waals surface area contributed by atoms with Gasteiger partial charge in [0.05, 0.1) is 18.2 Å². The molecule has 7 nitrogen and oxygen atoms in total. The fraction of sp³-hybridized carbons (Fsp3) is 0.211. The highest BCUT2D eigenvalue weighted by Gasteiger charge is 2.44. The summed E-state index contributed by atoms with van der Waals surface area (Å²) in [5.74, 6) is -2.18. The van der Waals surface area contributed by atoms with E-state index in [0.29, 0.717) is 6.42 Å². The Balaban J connectivity index is 1.72. The molecule has 3 N–H and O–H groups in total. The number of methoxy groups -OCH3 is 1. The number of carbonyl (C=O) groups excluding carboxylic acids is 1. The van der Waals surface area contributed by atoms with Gasteiger partial charge in [-0.3, -0.25) is 4.79 Å². The van der Waals surface area contributed by atoms with Crippen LogP contribution >= 0.6 is 0 Å². The Hall–Kier alpha value is -3.35. The maximum atomic E-state index is 12.4. The van der Waals surface area contributed by atoms with E-state index in [-0.39, 0.29) is 34.6 Å². The fourth-order valence-corrected chi connectivity index (χ4v) is 2.89.